The molecule has 0 fully saturated rings. The van der Waals surface area contributed by atoms with E-state index in [0.717, 1.165) is 18.2 Å². The summed E-state index contributed by atoms with van der Waals surface area (Å²) >= 11 is 8.91. The molecule has 0 saturated heterocycles. The van der Waals surface area contributed by atoms with Gasteiger partial charge in [-0.2, -0.15) is 0 Å². The van der Waals surface area contributed by atoms with Crippen LogP contribution in [0.25, 0.3) is 0 Å². The topological polar surface area (TPSA) is 26.0 Å². The molecule has 1 aromatic rings. The Morgan fingerprint density at radius 3 is 2.40 bits per heavy atom. The smallest absolute Gasteiger partial charge is 0.0502 e. The van der Waals surface area contributed by atoms with Crippen molar-refractivity contribution in [2.75, 3.05) is 5.73 Å². The number of nitrogens with two attached hydrogens (primary N) is 1. The third-order valence-corrected chi connectivity index (χ3v) is 4.05. The molecule has 0 atom stereocenters. The largest absolute Gasteiger partial charge is 0.398 e. The first kappa shape index (κ1) is 8.80. The SMILES string of the molecule is Nc1cc(Br)cc(Br)c1I. The van der Waals surface area contributed by atoms with Gasteiger partial charge in [-0.15, -0.1) is 0 Å². The molecule has 0 bridgehead atoms. The van der Waals surface area contributed by atoms with Crippen LogP contribution in [0.15, 0.2) is 21.1 Å². The molecular formula is C6H4Br2IN. The molecule has 0 unspecified atom stereocenters. The summed E-state index contributed by atoms with van der Waals surface area (Å²) in [4.78, 5) is 0. The standard InChI is InChI=1S/C6H4Br2IN/c7-3-1-4(8)6(9)5(10)2-3/h1-2H,10H2. The van der Waals surface area contributed by atoms with Crippen LogP contribution in [0.1, 0.15) is 0 Å². The molecule has 0 aromatic heterocycles. The Kier molecular flexibility index (Phi) is 3.00. The third-order valence-electron chi connectivity index (χ3n) is 1.02. The molecule has 0 amide bonds. The van der Waals surface area contributed by atoms with Crippen LogP contribution in [0.3, 0.4) is 0 Å². The average molecular weight is 377 g/mol. The van der Waals surface area contributed by atoms with Crippen LogP contribution in [0.4, 0.5) is 5.69 Å². The van der Waals surface area contributed by atoms with Gasteiger partial charge in [-0.05, 0) is 50.7 Å². The second-order valence-electron chi connectivity index (χ2n) is 1.79. The van der Waals surface area contributed by atoms with E-state index in [-0.39, 0.29) is 0 Å². The lowest BCUT2D eigenvalue weighted by Gasteiger charge is -2.00. The van der Waals surface area contributed by atoms with Gasteiger partial charge in [0.25, 0.3) is 0 Å². The van der Waals surface area contributed by atoms with Gasteiger partial charge in [0, 0.05) is 14.6 Å². The Labute approximate surface area is 89.8 Å². The molecule has 1 aromatic carbocycles. The summed E-state index contributed by atoms with van der Waals surface area (Å²) in [5, 5.41) is 0. The Morgan fingerprint density at radius 1 is 1.30 bits per heavy atom. The average Bonchev–Trinajstić information content (AvgIpc) is 1.82. The van der Waals surface area contributed by atoms with Crippen molar-refractivity contribution in [3.05, 3.63) is 24.6 Å². The van der Waals surface area contributed by atoms with E-state index in [9.17, 15) is 0 Å². The zero-order valence-electron chi connectivity index (χ0n) is 4.87. The Morgan fingerprint density at radius 2 is 1.90 bits per heavy atom. The summed E-state index contributed by atoms with van der Waals surface area (Å²) in [5.74, 6) is 0. The molecule has 1 rings (SSSR count). The summed E-state index contributed by atoms with van der Waals surface area (Å²) in [5.41, 5.74) is 6.45. The monoisotopic (exact) mass is 375 g/mol. The fraction of sp³-hybridized carbons (Fsp3) is 0. The van der Waals surface area contributed by atoms with Crippen molar-refractivity contribution >= 4 is 60.1 Å². The first-order valence-corrected chi connectivity index (χ1v) is 5.18. The number of benzene rings is 1. The van der Waals surface area contributed by atoms with Gasteiger partial charge in [-0.1, -0.05) is 15.9 Å². The van der Waals surface area contributed by atoms with Crippen LogP contribution in [-0.4, -0.2) is 0 Å². The van der Waals surface area contributed by atoms with E-state index in [1.807, 2.05) is 12.1 Å². The Hall–Kier alpha value is 0.710. The molecule has 54 valence electrons. The number of nitrogen functional groups attached to an aromatic ring is 1. The highest BCUT2D eigenvalue weighted by Crippen LogP contribution is 2.28. The van der Waals surface area contributed by atoms with Crippen molar-refractivity contribution in [1.29, 1.82) is 0 Å². The summed E-state index contributed by atoms with van der Waals surface area (Å²) in [7, 11) is 0. The Balaban J connectivity index is 3.31. The number of anilines is 1. The predicted molar refractivity (Wildman–Crippen MR) is 59.0 cm³/mol. The minimum Gasteiger partial charge on any atom is -0.398 e. The summed E-state index contributed by atoms with van der Waals surface area (Å²) in [6.07, 6.45) is 0. The number of halogens is 3. The molecule has 0 radical (unpaired) electrons. The number of hydrogen-bond donors (Lipinski definition) is 1. The highest BCUT2D eigenvalue weighted by atomic mass is 127. The molecule has 0 spiro atoms. The van der Waals surface area contributed by atoms with E-state index >= 15 is 0 Å². The van der Waals surface area contributed by atoms with E-state index in [0.29, 0.717) is 0 Å². The van der Waals surface area contributed by atoms with Gasteiger partial charge in [0.15, 0.2) is 0 Å². The van der Waals surface area contributed by atoms with Gasteiger partial charge in [-0.25, -0.2) is 0 Å². The minimum absolute atomic E-state index is 0.793. The van der Waals surface area contributed by atoms with Gasteiger partial charge < -0.3 is 5.73 Å². The van der Waals surface area contributed by atoms with Crippen molar-refractivity contribution in [1.82, 2.24) is 0 Å². The maximum absolute atomic E-state index is 5.65. The molecule has 10 heavy (non-hydrogen) atoms. The highest BCUT2D eigenvalue weighted by Gasteiger charge is 2.00. The predicted octanol–water partition coefficient (Wildman–Crippen LogP) is 3.40. The molecule has 0 aliphatic heterocycles. The summed E-state index contributed by atoms with van der Waals surface area (Å²) < 4.78 is 3.08. The first-order chi connectivity index (χ1) is 4.61. The van der Waals surface area contributed by atoms with E-state index < -0.39 is 0 Å². The van der Waals surface area contributed by atoms with Gasteiger partial charge in [0.2, 0.25) is 0 Å². The summed E-state index contributed by atoms with van der Waals surface area (Å²) in [6.45, 7) is 0. The van der Waals surface area contributed by atoms with Crippen LogP contribution in [0.5, 0.6) is 0 Å². The van der Waals surface area contributed by atoms with Crippen LogP contribution in [0.2, 0.25) is 0 Å². The van der Waals surface area contributed by atoms with Crippen molar-refractivity contribution in [3.8, 4) is 0 Å². The lowest BCUT2D eigenvalue weighted by Crippen LogP contribution is -1.89. The molecule has 0 aliphatic carbocycles. The zero-order valence-corrected chi connectivity index (χ0v) is 10.2. The lowest BCUT2D eigenvalue weighted by atomic mass is 10.3. The van der Waals surface area contributed by atoms with Crippen molar-refractivity contribution in [2.24, 2.45) is 0 Å². The maximum atomic E-state index is 5.65. The number of hydrogen-bond acceptors (Lipinski definition) is 1. The van der Waals surface area contributed by atoms with Crippen LogP contribution >= 0.6 is 54.5 Å². The third kappa shape index (κ3) is 1.85. The van der Waals surface area contributed by atoms with E-state index in [4.69, 9.17) is 5.73 Å². The fourth-order valence-corrected chi connectivity index (χ4v) is 2.15. The molecule has 0 aliphatic rings. The molecule has 2 N–H and O–H groups in total. The van der Waals surface area contributed by atoms with Gasteiger partial charge >= 0.3 is 0 Å². The van der Waals surface area contributed by atoms with Crippen LogP contribution < -0.4 is 5.73 Å². The number of rotatable bonds is 0. The second kappa shape index (κ2) is 3.40. The normalized spacial score (nSPS) is 9.90. The van der Waals surface area contributed by atoms with Gasteiger partial charge in [0.05, 0.1) is 3.57 Å². The molecule has 4 heteroatoms. The van der Waals surface area contributed by atoms with Crippen molar-refractivity contribution < 1.29 is 0 Å². The molecule has 0 heterocycles. The quantitative estimate of drug-likeness (QED) is 0.419. The molecule has 1 nitrogen and oxygen atoms in total. The Bertz CT molecular complexity index is 239. The maximum Gasteiger partial charge on any atom is 0.0502 e. The van der Waals surface area contributed by atoms with Crippen LogP contribution in [-0.2, 0) is 0 Å². The highest BCUT2D eigenvalue weighted by molar-refractivity contribution is 14.1. The van der Waals surface area contributed by atoms with Gasteiger partial charge in [-0.3, -0.25) is 0 Å². The molecule has 0 saturated carbocycles. The first-order valence-electron chi connectivity index (χ1n) is 2.51. The van der Waals surface area contributed by atoms with Crippen molar-refractivity contribution in [3.63, 3.8) is 0 Å². The fourth-order valence-electron chi connectivity index (χ4n) is 0.576. The minimum atomic E-state index is 0.793. The van der Waals surface area contributed by atoms with Crippen LogP contribution in [0, 0.1) is 3.57 Å². The van der Waals surface area contributed by atoms with E-state index in [2.05, 4.69) is 54.5 Å². The van der Waals surface area contributed by atoms with E-state index in [1.165, 1.54) is 0 Å². The second-order valence-corrected chi connectivity index (χ2v) is 4.64. The zero-order chi connectivity index (χ0) is 7.72. The van der Waals surface area contributed by atoms with Gasteiger partial charge in [0.1, 0.15) is 0 Å². The van der Waals surface area contributed by atoms with E-state index in [1.54, 1.807) is 0 Å². The summed E-state index contributed by atoms with van der Waals surface area (Å²) in [6, 6.07) is 3.85. The lowest BCUT2D eigenvalue weighted by molar-refractivity contribution is 1.54. The van der Waals surface area contributed by atoms with Crippen molar-refractivity contribution in [2.45, 2.75) is 0 Å². The molecular weight excluding hydrogens is 373 g/mol.